The second-order valence-corrected chi connectivity index (χ2v) is 5.99. The van der Waals surface area contributed by atoms with E-state index >= 15 is 0 Å². The molecule has 18 heavy (non-hydrogen) atoms. The quantitative estimate of drug-likeness (QED) is 0.804. The molecular weight excluding hydrogens is 228 g/mol. The van der Waals surface area contributed by atoms with Crippen LogP contribution in [0.5, 0.6) is 0 Å². The Morgan fingerprint density at radius 2 is 1.83 bits per heavy atom. The van der Waals surface area contributed by atoms with Crippen molar-refractivity contribution in [2.75, 3.05) is 14.1 Å². The van der Waals surface area contributed by atoms with Crippen molar-refractivity contribution < 1.29 is 9.90 Å². The molecule has 0 spiro atoms. The van der Waals surface area contributed by atoms with Gasteiger partial charge < -0.3 is 15.3 Å². The second kappa shape index (κ2) is 5.57. The Labute approximate surface area is 110 Å². The Balaban J connectivity index is 2.03. The highest BCUT2D eigenvalue weighted by Crippen LogP contribution is 2.34. The molecule has 2 saturated carbocycles. The molecule has 0 radical (unpaired) electrons. The van der Waals surface area contributed by atoms with Crippen LogP contribution < -0.4 is 5.32 Å². The molecule has 0 heterocycles. The molecule has 0 aliphatic heterocycles. The van der Waals surface area contributed by atoms with Gasteiger partial charge in [-0.3, -0.25) is 4.79 Å². The number of likely N-dealkylation sites (N-methyl/N-ethyl adjacent to an activating group) is 1. The van der Waals surface area contributed by atoms with E-state index in [0.717, 1.165) is 25.7 Å². The summed E-state index contributed by atoms with van der Waals surface area (Å²) in [7, 11) is 3.97. The first-order chi connectivity index (χ1) is 8.59. The minimum Gasteiger partial charge on any atom is -0.480 e. The zero-order valence-electron chi connectivity index (χ0n) is 11.6. The fourth-order valence-corrected chi connectivity index (χ4v) is 3.73. The standard InChI is InChI=1S/C14H26N2O2/c1-15-14(13(17)18)9-5-8-12(10-14)16(2)11-6-3-4-7-11/h11-12,15H,3-10H2,1-2H3,(H,17,18). The summed E-state index contributed by atoms with van der Waals surface area (Å²) in [6, 6.07) is 1.10. The van der Waals surface area contributed by atoms with E-state index in [2.05, 4.69) is 17.3 Å². The number of carboxylic acids is 1. The van der Waals surface area contributed by atoms with Crippen molar-refractivity contribution in [1.29, 1.82) is 0 Å². The average molecular weight is 254 g/mol. The normalized spacial score (nSPS) is 34.1. The lowest BCUT2D eigenvalue weighted by Crippen LogP contribution is -2.57. The summed E-state index contributed by atoms with van der Waals surface area (Å²) < 4.78 is 0. The molecule has 2 rings (SSSR count). The van der Waals surface area contributed by atoms with Crippen LogP contribution in [0.25, 0.3) is 0 Å². The van der Waals surface area contributed by atoms with Gasteiger partial charge in [0.25, 0.3) is 0 Å². The second-order valence-electron chi connectivity index (χ2n) is 5.99. The predicted molar refractivity (Wildman–Crippen MR) is 71.7 cm³/mol. The van der Waals surface area contributed by atoms with Crippen molar-refractivity contribution in [3.63, 3.8) is 0 Å². The van der Waals surface area contributed by atoms with Crippen LogP contribution >= 0.6 is 0 Å². The fourth-order valence-electron chi connectivity index (χ4n) is 3.73. The topological polar surface area (TPSA) is 52.6 Å². The van der Waals surface area contributed by atoms with Crippen LogP contribution in [0.4, 0.5) is 0 Å². The van der Waals surface area contributed by atoms with Crippen LogP contribution in [0.15, 0.2) is 0 Å². The number of rotatable bonds is 4. The van der Waals surface area contributed by atoms with Gasteiger partial charge in [-0.1, -0.05) is 12.8 Å². The molecule has 0 aromatic rings. The Bertz CT molecular complexity index is 302. The maximum atomic E-state index is 11.5. The Morgan fingerprint density at radius 1 is 1.22 bits per heavy atom. The minimum atomic E-state index is -0.699. The Hall–Kier alpha value is -0.610. The maximum Gasteiger partial charge on any atom is 0.323 e. The summed E-state index contributed by atoms with van der Waals surface area (Å²) >= 11 is 0. The third-order valence-corrected chi connectivity index (χ3v) is 5.09. The highest BCUT2D eigenvalue weighted by atomic mass is 16.4. The van der Waals surface area contributed by atoms with E-state index in [1.54, 1.807) is 7.05 Å². The van der Waals surface area contributed by atoms with E-state index in [1.807, 2.05) is 0 Å². The molecule has 0 bridgehead atoms. The van der Waals surface area contributed by atoms with Gasteiger partial charge in [0.2, 0.25) is 0 Å². The van der Waals surface area contributed by atoms with E-state index in [0.29, 0.717) is 12.1 Å². The van der Waals surface area contributed by atoms with Crippen molar-refractivity contribution in [3.8, 4) is 0 Å². The van der Waals surface area contributed by atoms with Crippen LogP contribution in [0, 0.1) is 0 Å². The molecule has 0 saturated heterocycles. The van der Waals surface area contributed by atoms with Gasteiger partial charge in [0.05, 0.1) is 0 Å². The molecule has 2 atom stereocenters. The smallest absolute Gasteiger partial charge is 0.323 e. The molecule has 2 aliphatic rings. The number of carboxylic acid groups (broad SMARTS) is 1. The molecule has 2 aliphatic carbocycles. The van der Waals surface area contributed by atoms with Gasteiger partial charge >= 0.3 is 5.97 Å². The number of nitrogens with one attached hydrogen (secondary N) is 1. The van der Waals surface area contributed by atoms with E-state index in [9.17, 15) is 9.90 Å². The van der Waals surface area contributed by atoms with Crippen molar-refractivity contribution in [2.45, 2.75) is 69.0 Å². The van der Waals surface area contributed by atoms with Crippen molar-refractivity contribution in [1.82, 2.24) is 10.2 Å². The van der Waals surface area contributed by atoms with Crippen LogP contribution in [0.3, 0.4) is 0 Å². The highest BCUT2D eigenvalue weighted by molar-refractivity contribution is 5.79. The fraction of sp³-hybridized carbons (Fsp3) is 0.929. The number of carbonyl (C=O) groups is 1. The summed E-state index contributed by atoms with van der Waals surface area (Å²) in [5.74, 6) is -0.686. The van der Waals surface area contributed by atoms with Gasteiger partial charge in [0, 0.05) is 12.1 Å². The molecule has 0 amide bonds. The molecule has 2 unspecified atom stereocenters. The van der Waals surface area contributed by atoms with Crippen molar-refractivity contribution in [2.24, 2.45) is 0 Å². The van der Waals surface area contributed by atoms with Gasteiger partial charge in [-0.25, -0.2) is 0 Å². The first-order valence-electron chi connectivity index (χ1n) is 7.23. The molecular formula is C14H26N2O2. The first kappa shape index (κ1) is 13.8. The molecule has 4 nitrogen and oxygen atoms in total. The zero-order chi connectivity index (χ0) is 13.2. The number of hydrogen-bond acceptors (Lipinski definition) is 3. The number of nitrogens with zero attached hydrogens (tertiary/aromatic N) is 1. The number of aliphatic carboxylic acids is 1. The maximum absolute atomic E-state index is 11.5. The molecule has 4 heteroatoms. The summed E-state index contributed by atoms with van der Waals surface area (Å²) in [5.41, 5.74) is -0.699. The van der Waals surface area contributed by atoms with Gasteiger partial charge in [-0.05, 0) is 52.6 Å². The number of hydrogen-bond donors (Lipinski definition) is 2. The third-order valence-electron chi connectivity index (χ3n) is 5.09. The van der Waals surface area contributed by atoms with Crippen LogP contribution in [0.2, 0.25) is 0 Å². The Kier molecular flexibility index (Phi) is 4.28. The SMILES string of the molecule is CNC1(C(=O)O)CCCC(N(C)C2CCCC2)C1. The molecule has 0 aromatic carbocycles. The lowest BCUT2D eigenvalue weighted by Gasteiger charge is -2.43. The van der Waals surface area contributed by atoms with Gasteiger partial charge in [0.15, 0.2) is 0 Å². The summed E-state index contributed by atoms with van der Waals surface area (Å²) in [6.07, 6.45) is 8.88. The minimum absolute atomic E-state index is 0.422. The summed E-state index contributed by atoms with van der Waals surface area (Å²) in [4.78, 5) is 14.0. The van der Waals surface area contributed by atoms with Crippen LogP contribution in [-0.4, -0.2) is 47.7 Å². The lowest BCUT2D eigenvalue weighted by molar-refractivity contribution is -0.147. The Morgan fingerprint density at radius 3 is 2.39 bits per heavy atom. The molecule has 0 aromatic heterocycles. The van der Waals surface area contributed by atoms with E-state index in [4.69, 9.17) is 0 Å². The third kappa shape index (κ3) is 2.54. The molecule has 2 N–H and O–H groups in total. The van der Waals surface area contributed by atoms with Crippen molar-refractivity contribution >= 4 is 5.97 Å². The van der Waals surface area contributed by atoms with E-state index < -0.39 is 11.5 Å². The predicted octanol–water partition coefficient (Wildman–Crippen LogP) is 1.85. The van der Waals surface area contributed by atoms with Crippen LogP contribution in [0.1, 0.15) is 51.4 Å². The zero-order valence-corrected chi connectivity index (χ0v) is 11.6. The average Bonchev–Trinajstić information content (AvgIpc) is 2.91. The van der Waals surface area contributed by atoms with Gasteiger partial charge in [0.1, 0.15) is 5.54 Å². The summed E-state index contributed by atoms with van der Waals surface area (Å²) in [5, 5.41) is 12.5. The monoisotopic (exact) mass is 254 g/mol. The van der Waals surface area contributed by atoms with E-state index in [1.165, 1.54) is 25.7 Å². The molecule has 2 fully saturated rings. The largest absolute Gasteiger partial charge is 0.480 e. The van der Waals surface area contributed by atoms with Gasteiger partial charge in [-0.2, -0.15) is 0 Å². The highest BCUT2D eigenvalue weighted by Gasteiger charge is 2.43. The van der Waals surface area contributed by atoms with Crippen molar-refractivity contribution in [3.05, 3.63) is 0 Å². The van der Waals surface area contributed by atoms with Gasteiger partial charge in [-0.15, -0.1) is 0 Å². The molecule has 104 valence electrons. The summed E-state index contributed by atoms with van der Waals surface area (Å²) in [6.45, 7) is 0. The van der Waals surface area contributed by atoms with Crippen LogP contribution in [-0.2, 0) is 4.79 Å². The van der Waals surface area contributed by atoms with E-state index in [-0.39, 0.29) is 0 Å². The lowest BCUT2D eigenvalue weighted by atomic mass is 9.78. The first-order valence-corrected chi connectivity index (χ1v) is 7.23.